The first-order valence-corrected chi connectivity index (χ1v) is 9.78. The standard InChI is InChI=1S/C19H23N5S/c1-25-19-17(13-20)3-4-18(22-19)15-24-10-2-9-23(11-12-24)14-16-5-7-21-8-6-16/h3-8H,2,9-12,14-15H2,1H3. The molecule has 3 rings (SSSR count). The second-order valence-corrected chi connectivity index (χ2v) is 7.03. The van der Waals surface area contributed by atoms with Crippen molar-refractivity contribution in [3.8, 4) is 6.07 Å². The monoisotopic (exact) mass is 353 g/mol. The number of aromatic nitrogens is 2. The van der Waals surface area contributed by atoms with Gasteiger partial charge in [0.15, 0.2) is 0 Å². The lowest BCUT2D eigenvalue weighted by Gasteiger charge is -2.21. The molecule has 1 aliphatic rings. The molecule has 5 nitrogen and oxygen atoms in total. The summed E-state index contributed by atoms with van der Waals surface area (Å²) in [4.78, 5) is 13.7. The summed E-state index contributed by atoms with van der Waals surface area (Å²) in [5, 5.41) is 9.95. The fourth-order valence-electron chi connectivity index (χ4n) is 3.12. The number of hydrogen-bond donors (Lipinski definition) is 0. The first-order valence-electron chi connectivity index (χ1n) is 8.56. The average Bonchev–Trinajstić information content (AvgIpc) is 2.87. The first-order chi connectivity index (χ1) is 12.3. The molecule has 2 aromatic heterocycles. The Bertz CT molecular complexity index is 728. The van der Waals surface area contributed by atoms with Crippen LogP contribution in [0.1, 0.15) is 23.2 Å². The van der Waals surface area contributed by atoms with E-state index in [4.69, 9.17) is 5.26 Å². The maximum absolute atomic E-state index is 9.13. The minimum absolute atomic E-state index is 0.663. The second-order valence-electron chi connectivity index (χ2n) is 6.23. The van der Waals surface area contributed by atoms with Gasteiger partial charge in [0.25, 0.3) is 0 Å². The van der Waals surface area contributed by atoms with Crippen molar-refractivity contribution in [1.82, 2.24) is 19.8 Å². The van der Waals surface area contributed by atoms with Crippen LogP contribution in [0.2, 0.25) is 0 Å². The molecule has 0 aromatic carbocycles. The average molecular weight is 353 g/mol. The molecule has 130 valence electrons. The summed E-state index contributed by atoms with van der Waals surface area (Å²) in [5.74, 6) is 0. The highest BCUT2D eigenvalue weighted by Crippen LogP contribution is 2.19. The molecular weight excluding hydrogens is 330 g/mol. The molecule has 0 unspecified atom stereocenters. The quantitative estimate of drug-likeness (QED) is 0.771. The van der Waals surface area contributed by atoms with Crippen molar-refractivity contribution in [2.24, 2.45) is 0 Å². The molecule has 2 aromatic rings. The Hall–Kier alpha value is -1.94. The van der Waals surface area contributed by atoms with Gasteiger partial charge < -0.3 is 0 Å². The van der Waals surface area contributed by atoms with E-state index in [1.54, 1.807) is 0 Å². The molecule has 0 N–H and O–H groups in total. The van der Waals surface area contributed by atoms with Crippen molar-refractivity contribution in [3.63, 3.8) is 0 Å². The van der Waals surface area contributed by atoms with Gasteiger partial charge in [-0.05, 0) is 55.6 Å². The second kappa shape index (κ2) is 8.95. The summed E-state index contributed by atoms with van der Waals surface area (Å²) >= 11 is 1.54. The Morgan fingerprint density at radius 3 is 2.44 bits per heavy atom. The van der Waals surface area contributed by atoms with Crippen LogP contribution in [0.15, 0.2) is 41.7 Å². The Labute approximate surface area is 153 Å². The van der Waals surface area contributed by atoms with Crippen LogP contribution in [-0.2, 0) is 13.1 Å². The highest BCUT2D eigenvalue weighted by atomic mass is 32.2. The third-order valence-electron chi connectivity index (χ3n) is 4.45. The van der Waals surface area contributed by atoms with Gasteiger partial charge >= 0.3 is 0 Å². The number of nitriles is 1. The number of pyridine rings is 2. The van der Waals surface area contributed by atoms with Crippen LogP contribution in [0.5, 0.6) is 0 Å². The molecule has 1 saturated heterocycles. The Morgan fingerprint density at radius 2 is 1.76 bits per heavy atom. The van der Waals surface area contributed by atoms with Gasteiger partial charge in [-0.3, -0.25) is 14.8 Å². The molecular formula is C19H23N5S. The molecule has 1 aliphatic heterocycles. The van der Waals surface area contributed by atoms with Crippen molar-refractivity contribution in [1.29, 1.82) is 5.26 Å². The molecule has 0 aliphatic carbocycles. The molecule has 0 bridgehead atoms. The fourth-order valence-corrected chi connectivity index (χ4v) is 3.67. The summed E-state index contributed by atoms with van der Waals surface area (Å²) in [6.45, 7) is 6.15. The van der Waals surface area contributed by atoms with Crippen molar-refractivity contribution >= 4 is 11.8 Å². The highest BCUT2D eigenvalue weighted by molar-refractivity contribution is 7.98. The van der Waals surface area contributed by atoms with E-state index >= 15 is 0 Å². The van der Waals surface area contributed by atoms with Gasteiger partial charge in [-0.2, -0.15) is 5.26 Å². The molecule has 25 heavy (non-hydrogen) atoms. The third-order valence-corrected chi connectivity index (χ3v) is 5.15. The molecule has 3 heterocycles. The molecule has 0 amide bonds. The van der Waals surface area contributed by atoms with Gasteiger partial charge in [0.2, 0.25) is 0 Å². The van der Waals surface area contributed by atoms with Crippen LogP contribution in [-0.4, -0.2) is 52.2 Å². The zero-order valence-corrected chi connectivity index (χ0v) is 15.4. The first kappa shape index (κ1) is 17.9. The van der Waals surface area contributed by atoms with Gasteiger partial charge in [-0.15, -0.1) is 11.8 Å². The summed E-state index contributed by atoms with van der Waals surface area (Å²) in [6.07, 6.45) is 6.85. The zero-order valence-electron chi connectivity index (χ0n) is 14.6. The van der Waals surface area contributed by atoms with Crippen LogP contribution in [0.4, 0.5) is 0 Å². The van der Waals surface area contributed by atoms with Crippen LogP contribution in [0, 0.1) is 11.3 Å². The van der Waals surface area contributed by atoms with E-state index in [1.807, 2.05) is 30.8 Å². The lowest BCUT2D eigenvalue weighted by atomic mass is 10.2. The van der Waals surface area contributed by atoms with Crippen molar-refractivity contribution in [2.45, 2.75) is 24.5 Å². The summed E-state index contributed by atoms with van der Waals surface area (Å²) in [5.41, 5.74) is 3.03. The number of thioether (sulfide) groups is 1. The fraction of sp³-hybridized carbons (Fsp3) is 0.421. The van der Waals surface area contributed by atoms with Gasteiger partial charge in [-0.1, -0.05) is 0 Å². The molecule has 1 fully saturated rings. The minimum atomic E-state index is 0.663. The SMILES string of the molecule is CSc1nc(CN2CCCN(Cc3ccncc3)CC2)ccc1C#N. The molecule has 0 radical (unpaired) electrons. The lowest BCUT2D eigenvalue weighted by Crippen LogP contribution is -2.30. The van der Waals surface area contributed by atoms with Crippen LogP contribution >= 0.6 is 11.8 Å². The number of nitrogens with zero attached hydrogens (tertiary/aromatic N) is 5. The number of hydrogen-bond acceptors (Lipinski definition) is 6. The molecule has 0 atom stereocenters. The van der Waals surface area contributed by atoms with E-state index in [-0.39, 0.29) is 0 Å². The lowest BCUT2D eigenvalue weighted by molar-refractivity contribution is 0.245. The van der Waals surface area contributed by atoms with E-state index in [1.165, 1.54) is 17.3 Å². The zero-order chi connectivity index (χ0) is 17.5. The Morgan fingerprint density at radius 1 is 1.04 bits per heavy atom. The van der Waals surface area contributed by atoms with E-state index < -0.39 is 0 Å². The van der Waals surface area contributed by atoms with Gasteiger partial charge in [0.1, 0.15) is 11.1 Å². The number of rotatable bonds is 5. The van der Waals surface area contributed by atoms with E-state index in [9.17, 15) is 0 Å². The highest BCUT2D eigenvalue weighted by Gasteiger charge is 2.16. The van der Waals surface area contributed by atoms with Crippen molar-refractivity contribution in [3.05, 3.63) is 53.5 Å². The largest absolute Gasteiger partial charge is 0.298 e. The Kier molecular flexibility index (Phi) is 6.40. The van der Waals surface area contributed by atoms with E-state index in [2.05, 4.69) is 38.0 Å². The maximum atomic E-state index is 9.13. The third kappa shape index (κ3) is 5.02. The predicted octanol–water partition coefficient (Wildman–Crippen LogP) is 2.78. The Balaban J connectivity index is 1.57. The van der Waals surface area contributed by atoms with Crippen molar-refractivity contribution < 1.29 is 0 Å². The molecule has 6 heteroatoms. The predicted molar refractivity (Wildman–Crippen MR) is 100 cm³/mol. The minimum Gasteiger partial charge on any atom is -0.298 e. The smallest absolute Gasteiger partial charge is 0.114 e. The van der Waals surface area contributed by atoms with E-state index in [0.29, 0.717) is 5.56 Å². The maximum Gasteiger partial charge on any atom is 0.114 e. The van der Waals surface area contributed by atoms with Gasteiger partial charge in [0, 0.05) is 38.6 Å². The van der Waals surface area contributed by atoms with Crippen molar-refractivity contribution in [2.75, 3.05) is 32.4 Å². The molecule has 0 saturated carbocycles. The van der Waals surface area contributed by atoms with Gasteiger partial charge in [0.05, 0.1) is 11.3 Å². The molecule has 0 spiro atoms. The van der Waals surface area contributed by atoms with Crippen LogP contribution in [0.25, 0.3) is 0 Å². The van der Waals surface area contributed by atoms with Crippen LogP contribution < -0.4 is 0 Å². The van der Waals surface area contributed by atoms with Crippen LogP contribution in [0.3, 0.4) is 0 Å². The topological polar surface area (TPSA) is 56.1 Å². The van der Waals surface area contributed by atoms with E-state index in [0.717, 1.165) is 56.4 Å². The normalized spacial score (nSPS) is 16.3. The summed E-state index contributed by atoms with van der Waals surface area (Å²) < 4.78 is 0. The van der Waals surface area contributed by atoms with Gasteiger partial charge in [-0.25, -0.2) is 4.98 Å². The summed E-state index contributed by atoms with van der Waals surface area (Å²) in [7, 11) is 0. The summed E-state index contributed by atoms with van der Waals surface area (Å²) in [6, 6.07) is 10.3.